The molecular formula is C13H15ClF3N. The monoisotopic (exact) mass is 277 g/mol. The average molecular weight is 278 g/mol. The molecule has 0 bridgehead atoms. The minimum atomic E-state index is -4.35. The van der Waals surface area contributed by atoms with E-state index in [0.29, 0.717) is 10.6 Å². The first kappa shape index (κ1) is 13.7. The molecule has 0 spiro atoms. The molecule has 100 valence electrons. The Labute approximate surface area is 109 Å². The van der Waals surface area contributed by atoms with Crippen molar-refractivity contribution in [2.75, 3.05) is 0 Å². The summed E-state index contributed by atoms with van der Waals surface area (Å²) >= 11 is 5.97. The summed E-state index contributed by atoms with van der Waals surface area (Å²) in [4.78, 5) is 0. The van der Waals surface area contributed by atoms with Gasteiger partial charge in [-0.15, -0.1) is 0 Å². The Kier molecular flexibility index (Phi) is 3.87. The Morgan fingerprint density at radius 3 is 2.39 bits per heavy atom. The van der Waals surface area contributed by atoms with E-state index in [1.165, 1.54) is 6.07 Å². The molecule has 1 nitrogen and oxygen atoms in total. The molecule has 1 aromatic carbocycles. The number of alkyl halides is 3. The fraction of sp³-hybridized carbons (Fsp3) is 0.538. The molecule has 0 saturated heterocycles. The van der Waals surface area contributed by atoms with Crippen molar-refractivity contribution in [1.82, 2.24) is 0 Å². The number of halogens is 4. The highest BCUT2D eigenvalue weighted by Gasteiger charge is 2.32. The van der Waals surface area contributed by atoms with Gasteiger partial charge in [0.25, 0.3) is 0 Å². The van der Waals surface area contributed by atoms with E-state index >= 15 is 0 Å². The van der Waals surface area contributed by atoms with Crippen LogP contribution in [0.2, 0.25) is 5.02 Å². The molecule has 2 N–H and O–H groups in total. The lowest BCUT2D eigenvalue weighted by Gasteiger charge is -2.21. The van der Waals surface area contributed by atoms with E-state index in [4.69, 9.17) is 17.3 Å². The lowest BCUT2D eigenvalue weighted by Crippen LogP contribution is -2.20. The van der Waals surface area contributed by atoms with Crippen molar-refractivity contribution in [3.8, 4) is 0 Å². The van der Waals surface area contributed by atoms with Crippen LogP contribution in [0.4, 0.5) is 13.2 Å². The van der Waals surface area contributed by atoms with Crippen molar-refractivity contribution in [2.24, 2.45) is 11.7 Å². The third-order valence-electron chi connectivity index (χ3n) is 3.59. The predicted molar refractivity (Wildman–Crippen MR) is 65.3 cm³/mol. The number of benzene rings is 1. The molecule has 18 heavy (non-hydrogen) atoms. The molecule has 5 heteroatoms. The third-order valence-corrected chi connectivity index (χ3v) is 3.93. The Morgan fingerprint density at radius 2 is 1.83 bits per heavy atom. The summed E-state index contributed by atoms with van der Waals surface area (Å²) < 4.78 is 38.0. The second-order valence-corrected chi connectivity index (χ2v) is 5.21. The van der Waals surface area contributed by atoms with Gasteiger partial charge >= 0.3 is 6.18 Å². The van der Waals surface area contributed by atoms with Crippen LogP contribution >= 0.6 is 11.6 Å². The standard InChI is InChI=1S/C13H15ClF3N/c14-11-6-5-9(13(15,16)17)7-10(11)12(18)8-3-1-2-4-8/h5-8,12H,1-4,18H2/t12-/m0/s1. The van der Waals surface area contributed by atoms with Gasteiger partial charge in [0, 0.05) is 11.1 Å². The highest BCUT2D eigenvalue weighted by atomic mass is 35.5. The van der Waals surface area contributed by atoms with Gasteiger partial charge in [-0.2, -0.15) is 13.2 Å². The largest absolute Gasteiger partial charge is 0.416 e. The second kappa shape index (κ2) is 5.10. The molecule has 0 unspecified atom stereocenters. The van der Waals surface area contributed by atoms with Crippen molar-refractivity contribution >= 4 is 11.6 Å². The second-order valence-electron chi connectivity index (χ2n) is 4.80. The summed E-state index contributed by atoms with van der Waals surface area (Å²) in [6.07, 6.45) is -0.236. The zero-order valence-corrected chi connectivity index (χ0v) is 10.6. The molecule has 1 aromatic rings. The first-order valence-corrected chi connectivity index (χ1v) is 6.39. The molecule has 0 radical (unpaired) electrons. The van der Waals surface area contributed by atoms with Crippen LogP contribution in [0.5, 0.6) is 0 Å². The van der Waals surface area contributed by atoms with E-state index < -0.39 is 17.8 Å². The molecule has 0 aromatic heterocycles. The summed E-state index contributed by atoms with van der Waals surface area (Å²) in [5, 5.41) is 0.322. The van der Waals surface area contributed by atoms with E-state index in [2.05, 4.69) is 0 Å². The normalized spacial score (nSPS) is 19.2. The lowest BCUT2D eigenvalue weighted by molar-refractivity contribution is -0.137. The van der Waals surface area contributed by atoms with Crippen LogP contribution in [0.15, 0.2) is 18.2 Å². The molecule has 2 rings (SSSR count). The van der Waals surface area contributed by atoms with Crippen LogP contribution in [0.3, 0.4) is 0 Å². The van der Waals surface area contributed by atoms with Gasteiger partial charge < -0.3 is 5.73 Å². The van der Waals surface area contributed by atoms with Crippen LogP contribution in [0, 0.1) is 5.92 Å². The van der Waals surface area contributed by atoms with Crippen molar-refractivity contribution < 1.29 is 13.2 Å². The topological polar surface area (TPSA) is 26.0 Å². The average Bonchev–Trinajstić information content (AvgIpc) is 2.80. The van der Waals surface area contributed by atoms with Crippen LogP contribution in [-0.4, -0.2) is 0 Å². The molecule has 1 atom stereocenters. The fourth-order valence-corrected chi connectivity index (χ4v) is 2.79. The Morgan fingerprint density at radius 1 is 1.22 bits per heavy atom. The van der Waals surface area contributed by atoms with Gasteiger partial charge in [0.05, 0.1) is 5.56 Å². The van der Waals surface area contributed by atoms with Crippen LogP contribution < -0.4 is 5.73 Å². The summed E-state index contributed by atoms with van der Waals surface area (Å²) in [6.45, 7) is 0. The van der Waals surface area contributed by atoms with Gasteiger partial charge in [-0.3, -0.25) is 0 Å². The summed E-state index contributed by atoms with van der Waals surface area (Å²) in [7, 11) is 0. The molecular weight excluding hydrogens is 263 g/mol. The van der Waals surface area contributed by atoms with Crippen molar-refractivity contribution in [1.29, 1.82) is 0 Å². The van der Waals surface area contributed by atoms with Gasteiger partial charge in [0.15, 0.2) is 0 Å². The maximum Gasteiger partial charge on any atom is 0.416 e. The SMILES string of the molecule is N[C@H](c1cc(C(F)(F)F)ccc1Cl)C1CCCC1. The number of rotatable bonds is 2. The third kappa shape index (κ3) is 2.81. The van der Waals surface area contributed by atoms with Crippen molar-refractivity contribution in [3.63, 3.8) is 0 Å². The first-order chi connectivity index (χ1) is 8.39. The highest BCUT2D eigenvalue weighted by Crippen LogP contribution is 2.39. The lowest BCUT2D eigenvalue weighted by atomic mass is 9.91. The van der Waals surface area contributed by atoms with Crippen molar-refractivity contribution in [2.45, 2.75) is 37.9 Å². The number of hydrogen-bond acceptors (Lipinski definition) is 1. The molecule has 0 amide bonds. The van der Waals surface area contributed by atoms with Crippen LogP contribution in [0.1, 0.15) is 42.9 Å². The van der Waals surface area contributed by atoms with E-state index in [1.54, 1.807) is 0 Å². The number of nitrogens with two attached hydrogens (primary N) is 1. The van der Waals surface area contributed by atoms with Crippen molar-refractivity contribution in [3.05, 3.63) is 34.3 Å². The van der Waals surface area contributed by atoms with Gasteiger partial charge in [0.1, 0.15) is 0 Å². The van der Waals surface area contributed by atoms with Gasteiger partial charge in [0.2, 0.25) is 0 Å². The van der Waals surface area contributed by atoms with Crippen LogP contribution in [0.25, 0.3) is 0 Å². The maximum absolute atomic E-state index is 12.7. The zero-order chi connectivity index (χ0) is 13.3. The van der Waals surface area contributed by atoms with Gasteiger partial charge in [-0.25, -0.2) is 0 Å². The van der Waals surface area contributed by atoms with E-state index in [9.17, 15) is 13.2 Å². The molecule has 1 aliphatic carbocycles. The minimum absolute atomic E-state index is 0.242. The predicted octanol–water partition coefficient (Wildman–Crippen LogP) is 4.55. The molecule has 0 aliphatic heterocycles. The fourth-order valence-electron chi connectivity index (χ4n) is 2.55. The minimum Gasteiger partial charge on any atom is -0.324 e. The quantitative estimate of drug-likeness (QED) is 0.843. The highest BCUT2D eigenvalue weighted by molar-refractivity contribution is 6.31. The molecule has 1 aliphatic rings. The summed E-state index contributed by atoms with van der Waals surface area (Å²) in [6, 6.07) is 2.97. The molecule has 0 heterocycles. The van der Waals surface area contributed by atoms with E-state index in [1.807, 2.05) is 0 Å². The summed E-state index contributed by atoms with van der Waals surface area (Å²) in [5.74, 6) is 0.242. The summed E-state index contributed by atoms with van der Waals surface area (Å²) in [5.41, 5.74) is 5.79. The van der Waals surface area contributed by atoms with Gasteiger partial charge in [-0.05, 0) is 42.5 Å². The first-order valence-electron chi connectivity index (χ1n) is 6.02. The molecule has 1 saturated carbocycles. The zero-order valence-electron chi connectivity index (χ0n) is 9.80. The smallest absolute Gasteiger partial charge is 0.324 e. The Balaban J connectivity index is 2.31. The van der Waals surface area contributed by atoms with E-state index in [0.717, 1.165) is 37.8 Å². The maximum atomic E-state index is 12.7. The van der Waals surface area contributed by atoms with Crippen LogP contribution in [-0.2, 0) is 6.18 Å². The number of hydrogen-bond donors (Lipinski definition) is 1. The van der Waals surface area contributed by atoms with E-state index in [-0.39, 0.29) is 5.92 Å². The Bertz CT molecular complexity index is 425. The van der Waals surface area contributed by atoms with Gasteiger partial charge in [-0.1, -0.05) is 24.4 Å². The Hall–Kier alpha value is -0.740. The molecule has 1 fully saturated rings.